The number of nitrogens with one attached hydrogen (secondary N) is 1. The van der Waals surface area contributed by atoms with Crippen molar-refractivity contribution in [3.8, 4) is 0 Å². The highest BCUT2D eigenvalue weighted by Crippen LogP contribution is 2.27. The molecule has 0 aliphatic rings. The van der Waals surface area contributed by atoms with Crippen LogP contribution in [0.15, 0.2) is 79.3 Å². The molecule has 2 heterocycles. The van der Waals surface area contributed by atoms with E-state index in [0.717, 1.165) is 28.7 Å². The normalized spacial score (nSPS) is 11.1. The van der Waals surface area contributed by atoms with Crippen LogP contribution in [0, 0.1) is 0 Å². The number of aromatic nitrogens is 2. The van der Waals surface area contributed by atoms with Gasteiger partial charge in [0.1, 0.15) is 0 Å². The Morgan fingerprint density at radius 3 is 2.52 bits per heavy atom. The maximum absolute atomic E-state index is 12.7. The van der Waals surface area contributed by atoms with Crippen molar-refractivity contribution in [1.29, 1.82) is 0 Å². The minimum atomic E-state index is -0.0232. The molecule has 0 aliphatic heterocycles. The molecule has 0 spiro atoms. The van der Waals surface area contributed by atoms with Gasteiger partial charge < -0.3 is 9.88 Å². The van der Waals surface area contributed by atoms with Gasteiger partial charge in [-0.1, -0.05) is 50.2 Å². The Kier molecular flexibility index (Phi) is 5.43. The van der Waals surface area contributed by atoms with Gasteiger partial charge in [-0.3, -0.25) is 9.78 Å². The van der Waals surface area contributed by atoms with Gasteiger partial charge in [0.15, 0.2) is 0 Å². The third-order valence-electron chi connectivity index (χ3n) is 5.17. The van der Waals surface area contributed by atoms with Crippen LogP contribution < -0.4 is 5.32 Å². The topological polar surface area (TPSA) is 46.9 Å². The molecule has 0 fully saturated rings. The second-order valence-electron chi connectivity index (χ2n) is 7.66. The lowest BCUT2D eigenvalue weighted by Gasteiger charge is -2.08. The number of benzene rings is 2. The van der Waals surface area contributed by atoms with Gasteiger partial charge in [-0.25, -0.2) is 0 Å². The number of amides is 1. The first kappa shape index (κ1) is 18.9. The molecule has 0 bridgehead atoms. The number of anilines is 1. The predicted octanol–water partition coefficient (Wildman–Crippen LogP) is 5.39. The van der Waals surface area contributed by atoms with Crippen LogP contribution in [-0.2, 0) is 17.8 Å². The SMILES string of the molecule is CC(C)c1ccc2c(c1)c(CC(=O)Nc1ccncc1)cn2Cc1ccccc1. The van der Waals surface area contributed by atoms with E-state index in [0.29, 0.717) is 12.3 Å². The van der Waals surface area contributed by atoms with E-state index < -0.39 is 0 Å². The van der Waals surface area contributed by atoms with Crippen LogP contribution in [0.2, 0.25) is 0 Å². The fourth-order valence-corrected chi connectivity index (χ4v) is 3.61. The lowest BCUT2D eigenvalue weighted by Crippen LogP contribution is -2.14. The summed E-state index contributed by atoms with van der Waals surface area (Å²) in [5.74, 6) is 0.417. The number of fused-ring (bicyclic) bond motifs is 1. The highest BCUT2D eigenvalue weighted by molar-refractivity contribution is 5.96. The highest BCUT2D eigenvalue weighted by Gasteiger charge is 2.14. The van der Waals surface area contributed by atoms with Crippen LogP contribution >= 0.6 is 0 Å². The van der Waals surface area contributed by atoms with E-state index in [1.807, 2.05) is 6.07 Å². The van der Waals surface area contributed by atoms with E-state index in [1.54, 1.807) is 24.5 Å². The van der Waals surface area contributed by atoms with Gasteiger partial charge in [0.05, 0.1) is 6.42 Å². The Bertz CT molecular complexity index is 1110. The fraction of sp³-hybridized carbons (Fsp3) is 0.200. The fourth-order valence-electron chi connectivity index (χ4n) is 3.61. The van der Waals surface area contributed by atoms with Crippen LogP contribution in [0.1, 0.15) is 36.5 Å². The summed E-state index contributed by atoms with van der Waals surface area (Å²) < 4.78 is 2.24. The molecule has 4 rings (SSSR count). The zero-order valence-corrected chi connectivity index (χ0v) is 16.8. The molecule has 2 aromatic carbocycles. The number of carbonyl (C=O) groups is 1. The van der Waals surface area contributed by atoms with Gasteiger partial charge in [0.2, 0.25) is 5.91 Å². The molecule has 0 unspecified atom stereocenters. The second-order valence-corrected chi connectivity index (χ2v) is 7.66. The molecule has 2 aromatic heterocycles. The van der Waals surface area contributed by atoms with Crippen molar-refractivity contribution in [2.45, 2.75) is 32.7 Å². The van der Waals surface area contributed by atoms with Crippen LogP contribution in [0.5, 0.6) is 0 Å². The minimum Gasteiger partial charge on any atom is -0.343 e. The molecular formula is C25H25N3O. The predicted molar refractivity (Wildman–Crippen MR) is 118 cm³/mol. The van der Waals surface area contributed by atoms with Gasteiger partial charge in [-0.15, -0.1) is 0 Å². The first-order chi connectivity index (χ1) is 14.1. The monoisotopic (exact) mass is 383 g/mol. The van der Waals surface area contributed by atoms with Crippen molar-refractivity contribution in [1.82, 2.24) is 9.55 Å². The van der Waals surface area contributed by atoms with Crippen molar-refractivity contribution < 1.29 is 4.79 Å². The Labute approximate surface area is 171 Å². The second kappa shape index (κ2) is 8.31. The van der Waals surface area contributed by atoms with Gasteiger partial charge in [0.25, 0.3) is 0 Å². The number of hydrogen-bond donors (Lipinski definition) is 1. The van der Waals surface area contributed by atoms with Gasteiger partial charge in [-0.2, -0.15) is 0 Å². The molecule has 1 N–H and O–H groups in total. The van der Waals surface area contributed by atoms with Crippen LogP contribution in [0.4, 0.5) is 5.69 Å². The van der Waals surface area contributed by atoms with Crippen molar-refractivity contribution >= 4 is 22.5 Å². The average Bonchev–Trinajstić information content (AvgIpc) is 3.06. The van der Waals surface area contributed by atoms with E-state index in [2.05, 4.69) is 77.4 Å². The van der Waals surface area contributed by atoms with Crippen LogP contribution in [0.3, 0.4) is 0 Å². The molecule has 0 radical (unpaired) electrons. The lowest BCUT2D eigenvalue weighted by atomic mass is 10.00. The molecule has 146 valence electrons. The molecule has 4 aromatic rings. The Morgan fingerprint density at radius 1 is 1.03 bits per heavy atom. The average molecular weight is 383 g/mol. The van der Waals surface area contributed by atoms with E-state index >= 15 is 0 Å². The number of hydrogen-bond acceptors (Lipinski definition) is 2. The summed E-state index contributed by atoms with van der Waals surface area (Å²) in [5, 5.41) is 4.11. The maximum atomic E-state index is 12.7. The zero-order valence-electron chi connectivity index (χ0n) is 16.8. The Morgan fingerprint density at radius 2 is 1.79 bits per heavy atom. The molecule has 0 saturated carbocycles. The Balaban J connectivity index is 1.67. The minimum absolute atomic E-state index is 0.0232. The lowest BCUT2D eigenvalue weighted by molar-refractivity contribution is -0.115. The standard InChI is InChI=1S/C25H25N3O/c1-18(2)20-8-9-24-23(14-20)21(15-25(29)27-22-10-12-26-13-11-22)17-28(24)16-19-6-4-3-5-7-19/h3-14,17-18H,15-16H2,1-2H3,(H,26,27,29). The van der Waals surface area contributed by atoms with Crippen molar-refractivity contribution in [3.63, 3.8) is 0 Å². The molecule has 0 saturated heterocycles. The van der Waals surface area contributed by atoms with Crippen LogP contribution in [-0.4, -0.2) is 15.5 Å². The summed E-state index contributed by atoms with van der Waals surface area (Å²) in [4.78, 5) is 16.7. The van der Waals surface area contributed by atoms with Gasteiger partial charge in [-0.05, 0) is 46.9 Å². The van der Waals surface area contributed by atoms with Crippen molar-refractivity contribution in [2.24, 2.45) is 0 Å². The molecule has 0 atom stereocenters. The quantitative estimate of drug-likeness (QED) is 0.485. The van der Waals surface area contributed by atoms with E-state index in [-0.39, 0.29) is 5.91 Å². The number of carbonyl (C=O) groups excluding carboxylic acids is 1. The van der Waals surface area contributed by atoms with Gasteiger partial charge in [0, 0.05) is 41.7 Å². The number of pyridine rings is 1. The van der Waals surface area contributed by atoms with E-state index in [4.69, 9.17) is 0 Å². The largest absolute Gasteiger partial charge is 0.343 e. The number of rotatable bonds is 6. The van der Waals surface area contributed by atoms with Crippen molar-refractivity contribution in [3.05, 3.63) is 95.9 Å². The van der Waals surface area contributed by atoms with Gasteiger partial charge >= 0.3 is 0 Å². The summed E-state index contributed by atoms with van der Waals surface area (Å²) in [7, 11) is 0. The number of nitrogens with zero attached hydrogens (tertiary/aromatic N) is 2. The molecule has 4 heteroatoms. The Hall–Kier alpha value is -3.40. The molecule has 4 nitrogen and oxygen atoms in total. The van der Waals surface area contributed by atoms with Crippen LogP contribution in [0.25, 0.3) is 10.9 Å². The smallest absolute Gasteiger partial charge is 0.228 e. The third kappa shape index (κ3) is 4.37. The third-order valence-corrected chi connectivity index (χ3v) is 5.17. The molecular weight excluding hydrogens is 358 g/mol. The summed E-state index contributed by atoms with van der Waals surface area (Å²) >= 11 is 0. The first-order valence-electron chi connectivity index (χ1n) is 9.95. The van der Waals surface area contributed by atoms with E-state index in [9.17, 15) is 4.79 Å². The first-order valence-corrected chi connectivity index (χ1v) is 9.95. The van der Waals surface area contributed by atoms with Crippen molar-refractivity contribution in [2.75, 3.05) is 5.32 Å². The summed E-state index contributed by atoms with van der Waals surface area (Å²) in [6, 6.07) is 20.6. The summed E-state index contributed by atoms with van der Waals surface area (Å²) in [6.45, 7) is 5.17. The zero-order chi connectivity index (χ0) is 20.2. The maximum Gasteiger partial charge on any atom is 0.228 e. The summed E-state index contributed by atoms with van der Waals surface area (Å²) in [6.07, 6.45) is 5.81. The molecule has 29 heavy (non-hydrogen) atoms. The molecule has 1 amide bonds. The van der Waals surface area contributed by atoms with E-state index in [1.165, 1.54) is 11.1 Å². The molecule has 0 aliphatic carbocycles. The summed E-state index contributed by atoms with van der Waals surface area (Å²) in [5.41, 5.74) is 5.49. The highest BCUT2D eigenvalue weighted by atomic mass is 16.1.